The molecule has 1 atom stereocenters. The number of aryl methyl sites for hydroxylation is 1. The van der Waals surface area contributed by atoms with Crippen LogP contribution in [-0.4, -0.2) is 27.2 Å². The number of amides is 1. The van der Waals surface area contributed by atoms with E-state index in [-0.39, 0.29) is 11.6 Å². The maximum Gasteiger partial charge on any atom is 0.343 e. The Morgan fingerprint density at radius 1 is 1.50 bits per heavy atom. The van der Waals surface area contributed by atoms with E-state index in [1.807, 2.05) is 11.4 Å². The van der Waals surface area contributed by atoms with Crippen LogP contribution in [0.25, 0.3) is 0 Å². The maximum absolute atomic E-state index is 12.0. The van der Waals surface area contributed by atoms with Crippen molar-refractivity contribution in [1.82, 2.24) is 20.1 Å². The number of fused-ring (bicyclic) bond motifs is 1. The Morgan fingerprint density at radius 2 is 2.41 bits per heavy atom. The van der Waals surface area contributed by atoms with Gasteiger partial charge in [-0.3, -0.25) is 9.36 Å². The highest BCUT2D eigenvalue weighted by atomic mass is 32.1. The quantitative estimate of drug-likeness (QED) is 0.872. The first-order valence-corrected chi connectivity index (χ1v) is 8.53. The van der Waals surface area contributed by atoms with Crippen molar-refractivity contribution in [1.29, 1.82) is 0 Å². The Kier molecular flexibility index (Phi) is 4.72. The SMILES string of the molecule is O=C(C[C@H]1CCc2n[nH]c(=O)n2CC1)NCCc1cccs1. The molecule has 0 aromatic carbocycles. The zero-order valence-corrected chi connectivity index (χ0v) is 13.2. The average molecular weight is 320 g/mol. The lowest BCUT2D eigenvalue weighted by Gasteiger charge is -2.13. The second-order valence-corrected chi connectivity index (χ2v) is 6.71. The fraction of sp³-hybridized carbons (Fsp3) is 0.533. The van der Waals surface area contributed by atoms with E-state index in [4.69, 9.17) is 0 Å². The molecule has 2 aromatic heterocycles. The number of H-pyrrole nitrogens is 1. The van der Waals surface area contributed by atoms with Gasteiger partial charge >= 0.3 is 5.69 Å². The second-order valence-electron chi connectivity index (χ2n) is 5.67. The van der Waals surface area contributed by atoms with E-state index in [0.717, 1.165) is 31.5 Å². The number of thiophene rings is 1. The highest BCUT2D eigenvalue weighted by molar-refractivity contribution is 7.09. The van der Waals surface area contributed by atoms with Crippen molar-refractivity contribution in [3.8, 4) is 0 Å². The molecule has 0 spiro atoms. The van der Waals surface area contributed by atoms with Crippen molar-refractivity contribution in [3.63, 3.8) is 0 Å². The van der Waals surface area contributed by atoms with Gasteiger partial charge in [-0.15, -0.1) is 11.3 Å². The summed E-state index contributed by atoms with van der Waals surface area (Å²) in [5, 5.41) is 11.6. The summed E-state index contributed by atoms with van der Waals surface area (Å²) >= 11 is 1.71. The Morgan fingerprint density at radius 3 is 3.23 bits per heavy atom. The van der Waals surface area contributed by atoms with E-state index in [2.05, 4.69) is 21.6 Å². The van der Waals surface area contributed by atoms with Gasteiger partial charge in [0.15, 0.2) is 0 Å². The maximum atomic E-state index is 12.0. The van der Waals surface area contributed by atoms with Crippen LogP contribution in [0.15, 0.2) is 22.3 Å². The third-order valence-corrected chi connectivity index (χ3v) is 5.06. The Labute approximate surface area is 132 Å². The first-order chi connectivity index (χ1) is 10.7. The lowest BCUT2D eigenvalue weighted by Crippen LogP contribution is -2.27. The molecule has 0 saturated carbocycles. The molecular formula is C15H20N4O2S. The van der Waals surface area contributed by atoms with E-state index in [9.17, 15) is 9.59 Å². The van der Waals surface area contributed by atoms with Gasteiger partial charge < -0.3 is 5.32 Å². The Bertz CT molecular complexity index is 674. The summed E-state index contributed by atoms with van der Waals surface area (Å²) in [6.07, 6.45) is 3.94. The molecule has 0 bridgehead atoms. The van der Waals surface area contributed by atoms with Gasteiger partial charge in [0.05, 0.1) is 0 Å². The molecule has 0 fully saturated rings. The third-order valence-electron chi connectivity index (χ3n) is 4.12. The molecule has 1 aliphatic rings. The Hall–Kier alpha value is -1.89. The molecule has 0 radical (unpaired) electrons. The van der Waals surface area contributed by atoms with Crippen LogP contribution in [0.3, 0.4) is 0 Å². The van der Waals surface area contributed by atoms with Crippen LogP contribution in [0.2, 0.25) is 0 Å². The van der Waals surface area contributed by atoms with Gasteiger partial charge in [-0.25, -0.2) is 9.89 Å². The molecule has 2 N–H and O–H groups in total. The van der Waals surface area contributed by atoms with Crippen LogP contribution in [-0.2, 0) is 24.2 Å². The summed E-state index contributed by atoms with van der Waals surface area (Å²) in [6, 6.07) is 4.11. The van der Waals surface area contributed by atoms with E-state index in [1.54, 1.807) is 15.9 Å². The van der Waals surface area contributed by atoms with Gasteiger partial charge in [0.25, 0.3) is 0 Å². The number of rotatable bonds is 5. The van der Waals surface area contributed by atoms with Crippen LogP contribution < -0.4 is 11.0 Å². The van der Waals surface area contributed by atoms with Crippen molar-refractivity contribution in [3.05, 3.63) is 38.7 Å². The van der Waals surface area contributed by atoms with Crippen LogP contribution >= 0.6 is 11.3 Å². The predicted octanol–water partition coefficient (Wildman–Crippen LogP) is 1.33. The predicted molar refractivity (Wildman–Crippen MR) is 84.9 cm³/mol. The van der Waals surface area contributed by atoms with Gasteiger partial charge in [-0.1, -0.05) is 6.07 Å². The minimum absolute atomic E-state index is 0.106. The summed E-state index contributed by atoms with van der Waals surface area (Å²) in [6.45, 7) is 1.34. The molecule has 6 nitrogen and oxygen atoms in total. The van der Waals surface area contributed by atoms with Crippen molar-refractivity contribution >= 4 is 17.2 Å². The summed E-state index contributed by atoms with van der Waals surface area (Å²) in [7, 11) is 0. The molecule has 3 heterocycles. The summed E-state index contributed by atoms with van der Waals surface area (Å²) in [5.41, 5.74) is -0.143. The van der Waals surface area contributed by atoms with Crippen molar-refractivity contribution < 1.29 is 4.79 Å². The minimum atomic E-state index is -0.143. The third kappa shape index (κ3) is 3.65. The van der Waals surface area contributed by atoms with Gasteiger partial charge in [-0.2, -0.15) is 5.10 Å². The molecule has 1 aliphatic heterocycles. The number of aromatic nitrogens is 3. The number of nitrogens with one attached hydrogen (secondary N) is 2. The number of hydrogen-bond donors (Lipinski definition) is 2. The van der Waals surface area contributed by atoms with Crippen molar-refractivity contribution in [2.24, 2.45) is 5.92 Å². The van der Waals surface area contributed by atoms with Crippen LogP contribution in [0, 0.1) is 5.92 Å². The second kappa shape index (κ2) is 6.91. The first kappa shape index (κ1) is 15.0. The lowest BCUT2D eigenvalue weighted by molar-refractivity contribution is -0.122. The largest absolute Gasteiger partial charge is 0.356 e. The van der Waals surface area contributed by atoms with Gasteiger partial charge in [-0.05, 0) is 36.6 Å². The smallest absolute Gasteiger partial charge is 0.343 e. The van der Waals surface area contributed by atoms with Crippen molar-refractivity contribution in [2.75, 3.05) is 6.54 Å². The van der Waals surface area contributed by atoms with Crippen LogP contribution in [0.4, 0.5) is 0 Å². The molecule has 1 amide bonds. The normalized spacial score (nSPS) is 17.7. The number of nitrogens with zero attached hydrogens (tertiary/aromatic N) is 2. The van der Waals surface area contributed by atoms with Crippen molar-refractivity contribution in [2.45, 2.75) is 38.6 Å². The van der Waals surface area contributed by atoms with Gasteiger partial charge in [0.1, 0.15) is 5.82 Å². The van der Waals surface area contributed by atoms with Gasteiger partial charge in [0, 0.05) is 30.8 Å². The fourth-order valence-corrected chi connectivity index (χ4v) is 3.59. The van der Waals surface area contributed by atoms with E-state index < -0.39 is 0 Å². The standard InChI is InChI=1S/C15H20N4O2S/c20-14(16-7-5-12-2-1-9-22-12)10-11-3-4-13-17-18-15(21)19(13)8-6-11/h1-2,9,11H,3-8,10H2,(H,16,20)(H,18,21)/t11-/m0/s1. The molecule has 7 heteroatoms. The zero-order valence-electron chi connectivity index (χ0n) is 12.4. The number of aromatic amines is 1. The number of carbonyl (C=O) groups is 1. The topological polar surface area (TPSA) is 79.8 Å². The van der Waals surface area contributed by atoms with Gasteiger partial charge in [0.2, 0.25) is 5.91 Å². The number of carbonyl (C=O) groups excluding carboxylic acids is 1. The molecule has 0 unspecified atom stereocenters. The average Bonchev–Trinajstić information content (AvgIpc) is 3.08. The molecule has 3 rings (SSSR count). The van der Waals surface area contributed by atoms with Crippen LogP contribution in [0.5, 0.6) is 0 Å². The molecule has 0 aliphatic carbocycles. The van der Waals surface area contributed by atoms with E-state index in [0.29, 0.717) is 25.4 Å². The monoisotopic (exact) mass is 320 g/mol. The molecular weight excluding hydrogens is 300 g/mol. The first-order valence-electron chi connectivity index (χ1n) is 7.65. The minimum Gasteiger partial charge on any atom is -0.356 e. The number of hydrogen-bond acceptors (Lipinski definition) is 4. The molecule has 118 valence electrons. The fourth-order valence-electron chi connectivity index (χ4n) is 2.88. The lowest BCUT2D eigenvalue weighted by atomic mass is 9.96. The summed E-state index contributed by atoms with van der Waals surface area (Å²) < 4.78 is 1.69. The summed E-state index contributed by atoms with van der Waals surface area (Å²) in [5.74, 6) is 1.24. The molecule has 22 heavy (non-hydrogen) atoms. The van der Waals surface area contributed by atoms with E-state index >= 15 is 0 Å². The highest BCUT2D eigenvalue weighted by Crippen LogP contribution is 2.20. The molecule has 2 aromatic rings. The zero-order chi connectivity index (χ0) is 15.4. The van der Waals surface area contributed by atoms with Crippen LogP contribution in [0.1, 0.15) is 30.0 Å². The Balaban J connectivity index is 1.43. The summed E-state index contributed by atoms with van der Waals surface area (Å²) in [4.78, 5) is 24.9. The van der Waals surface area contributed by atoms with E-state index in [1.165, 1.54) is 4.88 Å². The molecule has 0 saturated heterocycles. The highest BCUT2D eigenvalue weighted by Gasteiger charge is 2.20.